The van der Waals surface area contributed by atoms with E-state index in [4.69, 9.17) is 4.74 Å². The van der Waals surface area contributed by atoms with Gasteiger partial charge in [-0.2, -0.15) is 0 Å². The van der Waals surface area contributed by atoms with E-state index in [9.17, 15) is 24.0 Å². The number of likely N-dealkylation sites (tertiary alicyclic amines) is 1. The van der Waals surface area contributed by atoms with Gasteiger partial charge in [0.1, 0.15) is 12.1 Å². The number of carbonyl (C=O) groups excluding carboxylic acids is 5. The third-order valence-electron chi connectivity index (χ3n) is 5.40. The molecule has 0 radical (unpaired) electrons. The van der Waals surface area contributed by atoms with Gasteiger partial charge in [-0.15, -0.1) is 0 Å². The second-order valence-electron chi connectivity index (χ2n) is 9.14. The number of carbonyl (C=O) groups is 5. The molecule has 1 saturated heterocycles. The molecule has 1 aromatic carbocycles. The van der Waals surface area contributed by atoms with Crippen LogP contribution in [0.15, 0.2) is 24.3 Å². The van der Waals surface area contributed by atoms with Crippen molar-refractivity contribution in [2.45, 2.75) is 51.7 Å². The number of ether oxygens (including phenoxy) is 1. The van der Waals surface area contributed by atoms with Gasteiger partial charge in [0, 0.05) is 32.1 Å². The quantitative estimate of drug-likeness (QED) is 0.619. The Morgan fingerprint density at radius 2 is 1.61 bits per heavy atom. The van der Waals surface area contributed by atoms with Crippen LogP contribution in [0.2, 0.25) is 0 Å². The van der Waals surface area contributed by atoms with Crippen molar-refractivity contribution in [1.82, 2.24) is 20.4 Å². The van der Waals surface area contributed by atoms with Crippen LogP contribution in [-0.2, 0) is 14.3 Å². The van der Waals surface area contributed by atoms with Gasteiger partial charge < -0.3 is 20.3 Å². The van der Waals surface area contributed by atoms with E-state index in [1.54, 1.807) is 49.9 Å². The zero-order valence-corrected chi connectivity index (χ0v) is 19.2. The summed E-state index contributed by atoms with van der Waals surface area (Å²) in [7, 11) is 0. The predicted octanol–water partition coefficient (Wildman–Crippen LogP) is 1.30. The molecule has 0 saturated carbocycles. The van der Waals surface area contributed by atoms with E-state index in [1.165, 1.54) is 0 Å². The Hall–Kier alpha value is -3.43. The Labute approximate surface area is 192 Å². The molecule has 10 nitrogen and oxygen atoms in total. The second-order valence-corrected chi connectivity index (χ2v) is 9.14. The Morgan fingerprint density at radius 1 is 1.03 bits per heavy atom. The lowest BCUT2D eigenvalue weighted by Gasteiger charge is -2.32. The first-order chi connectivity index (χ1) is 15.5. The number of rotatable bonds is 6. The minimum Gasteiger partial charge on any atom is -0.444 e. The molecule has 3 rings (SSSR count). The second kappa shape index (κ2) is 10.0. The molecule has 1 fully saturated rings. The van der Waals surface area contributed by atoms with E-state index in [0.717, 1.165) is 4.90 Å². The maximum atomic E-state index is 12.4. The summed E-state index contributed by atoms with van der Waals surface area (Å²) in [5.74, 6) is -1.42. The van der Waals surface area contributed by atoms with Crippen molar-refractivity contribution >= 4 is 29.7 Å². The molecular weight excluding hydrogens is 428 g/mol. The van der Waals surface area contributed by atoms with Gasteiger partial charge in [0.25, 0.3) is 11.8 Å². The van der Waals surface area contributed by atoms with Gasteiger partial charge in [-0.25, -0.2) is 4.79 Å². The van der Waals surface area contributed by atoms with E-state index in [-0.39, 0.29) is 31.5 Å². The summed E-state index contributed by atoms with van der Waals surface area (Å²) in [6.07, 6.45) is 0.739. The Kier molecular flexibility index (Phi) is 7.35. The molecule has 178 valence electrons. The van der Waals surface area contributed by atoms with Crippen LogP contribution in [0.5, 0.6) is 0 Å². The highest BCUT2D eigenvalue weighted by Gasteiger charge is 2.36. The fourth-order valence-electron chi connectivity index (χ4n) is 3.82. The minimum atomic E-state index is -0.597. The molecule has 0 unspecified atom stereocenters. The maximum Gasteiger partial charge on any atom is 0.407 e. The smallest absolute Gasteiger partial charge is 0.407 e. The number of fused-ring (bicyclic) bond motifs is 1. The number of alkyl carbamates (subject to hydrolysis) is 1. The van der Waals surface area contributed by atoms with Crippen molar-refractivity contribution in [2.24, 2.45) is 0 Å². The number of nitrogens with one attached hydrogen (secondary N) is 2. The lowest BCUT2D eigenvalue weighted by molar-refractivity contribution is -0.132. The molecule has 0 spiro atoms. The molecule has 0 aromatic heterocycles. The number of nitrogens with zero attached hydrogens (tertiary/aromatic N) is 2. The zero-order chi connectivity index (χ0) is 24.2. The van der Waals surface area contributed by atoms with E-state index >= 15 is 0 Å². The maximum absolute atomic E-state index is 12.4. The van der Waals surface area contributed by atoms with Gasteiger partial charge in [0.05, 0.1) is 11.1 Å². The van der Waals surface area contributed by atoms with Gasteiger partial charge in [-0.3, -0.25) is 24.1 Å². The topological polar surface area (TPSA) is 125 Å². The average molecular weight is 459 g/mol. The first kappa shape index (κ1) is 24.2. The van der Waals surface area contributed by atoms with Gasteiger partial charge >= 0.3 is 6.09 Å². The summed E-state index contributed by atoms with van der Waals surface area (Å²) in [5.41, 5.74) is 0.0197. The fraction of sp³-hybridized carbons (Fsp3) is 0.522. The predicted molar refractivity (Wildman–Crippen MR) is 118 cm³/mol. The summed E-state index contributed by atoms with van der Waals surface area (Å²) in [6.45, 7) is 6.10. The van der Waals surface area contributed by atoms with E-state index < -0.39 is 29.4 Å². The molecule has 2 aliphatic rings. The lowest BCUT2D eigenvalue weighted by atomic mass is 10.0. The molecule has 2 heterocycles. The largest absolute Gasteiger partial charge is 0.444 e. The standard InChI is InChI=1S/C23H30N4O6/c1-23(2,3)33-22(32)24-11-8-19(29)26-12-9-15(10-13-26)25-18(28)14-27-20(30)16-6-4-5-7-17(16)21(27)31/h4-7,15H,8-14H2,1-3H3,(H,24,32)(H,25,28). The number of imide groups is 1. The molecule has 33 heavy (non-hydrogen) atoms. The highest BCUT2D eigenvalue weighted by molar-refractivity contribution is 6.22. The molecule has 5 amide bonds. The number of hydrogen-bond acceptors (Lipinski definition) is 6. The van der Waals surface area contributed by atoms with Crippen molar-refractivity contribution < 1.29 is 28.7 Å². The lowest BCUT2D eigenvalue weighted by Crippen LogP contribution is -2.49. The number of benzene rings is 1. The van der Waals surface area contributed by atoms with Crippen molar-refractivity contribution in [3.63, 3.8) is 0 Å². The fourth-order valence-corrected chi connectivity index (χ4v) is 3.82. The third kappa shape index (κ3) is 6.30. The first-order valence-electron chi connectivity index (χ1n) is 11.0. The summed E-state index contributed by atoms with van der Waals surface area (Å²) < 4.78 is 5.13. The number of amides is 5. The van der Waals surface area contributed by atoms with Crippen molar-refractivity contribution in [2.75, 3.05) is 26.2 Å². The summed E-state index contributed by atoms with van der Waals surface area (Å²) in [5, 5.41) is 5.42. The minimum absolute atomic E-state index is 0.0816. The zero-order valence-electron chi connectivity index (χ0n) is 19.2. The van der Waals surface area contributed by atoms with E-state index in [1.807, 2.05) is 0 Å². The first-order valence-corrected chi connectivity index (χ1v) is 11.0. The van der Waals surface area contributed by atoms with E-state index in [2.05, 4.69) is 10.6 Å². The van der Waals surface area contributed by atoms with Crippen LogP contribution in [0.1, 0.15) is 60.7 Å². The normalized spacial score (nSPS) is 16.5. The molecule has 2 N–H and O–H groups in total. The highest BCUT2D eigenvalue weighted by atomic mass is 16.6. The molecule has 0 atom stereocenters. The van der Waals surface area contributed by atoms with Crippen LogP contribution in [-0.4, -0.2) is 77.3 Å². The monoisotopic (exact) mass is 458 g/mol. The van der Waals surface area contributed by atoms with Crippen LogP contribution in [0.4, 0.5) is 4.79 Å². The van der Waals surface area contributed by atoms with Crippen molar-refractivity contribution in [1.29, 1.82) is 0 Å². The van der Waals surface area contributed by atoms with Crippen LogP contribution in [0, 0.1) is 0 Å². The molecule has 2 aliphatic heterocycles. The molecular formula is C23H30N4O6. The average Bonchev–Trinajstić information content (AvgIpc) is 2.98. The summed E-state index contributed by atoms with van der Waals surface area (Å²) >= 11 is 0. The van der Waals surface area contributed by atoms with Gasteiger partial charge in [-0.05, 0) is 45.7 Å². The summed E-state index contributed by atoms with van der Waals surface area (Å²) in [4.78, 5) is 63.9. The summed E-state index contributed by atoms with van der Waals surface area (Å²) in [6, 6.07) is 6.36. The third-order valence-corrected chi connectivity index (χ3v) is 5.40. The van der Waals surface area contributed by atoms with Crippen LogP contribution < -0.4 is 10.6 Å². The van der Waals surface area contributed by atoms with Crippen LogP contribution >= 0.6 is 0 Å². The molecule has 1 aromatic rings. The van der Waals surface area contributed by atoms with Gasteiger partial charge in [0.15, 0.2) is 0 Å². The Balaban J connectivity index is 1.38. The van der Waals surface area contributed by atoms with Gasteiger partial charge in [0.2, 0.25) is 11.8 Å². The number of hydrogen-bond donors (Lipinski definition) is 2. The Morgan fingerprint density at radius 3 is 2.15 bits per heavy atom. The van der Waals surface area contributed by atoms with Gasteiger partial charge in [-0.1, -0.05) is 12.1 Å². The van der Waals surface area contributed by atoms with E-state index in [0.29, 0.717) is 37.1 Å². The van der Waals surface area contributed by atoms with Crippen molar-refractivity contribution in [3.05, 3.63) is 35.4 Å². The Bertz CT molecular complexity index is 912. The molecule has 0 aliphatic carbocycles. The SMILES string of the molecule is CC(C)(C)OC(=O)NCCC(=O)N1CCC(NC(=O)CN2C(=O)c3ccccc3C2=O)CC1. The molecule has 0 bridgehead atoms. The van der Waals surface area contributed by atoms with Crippen LogP contribution in [0.25, 0.3) is 0 Å². The molecule has 10 heteroatoms. The number of piperidine rings is 1. The van der Waals surface area contributed by atoms with Crippen LogP contribution in [0.3, 0.4) is 0 Å². The highest BCUT2D eigenvalue weighted by Crippen LogP contribution is 2.22. The van der Waals surface area contributed by atoms with Crippen molar-refractivity contribution in [3.8, 4) is 0 Å².